The molecule has 0 rings (SSSR count). The summed E-state index contributed by atoms with van der Waals surface area (Å²) in [5.74, 6) is 0.136. The molecule has 2 N–H and O–H groups in total. The molecule has 1 unspecified atom stereocenters. The Bertz CT molecular complexity index is 123. The van der Waals surface area contributed by atoms with E-state index in [0.717, 1.165) is 5.75 Å². The fourth-order valence-corrected chi connectivity index (χ4v) is 1.64. The third-order valence-corrected chi connectivity index (χ3v) is 2.32. The van der Waals surface area contributed by atoms with Gasteiger partial charge in [0.25, 0.3) is 0 Å². The minimum Gasteiger partial charge on any atom is -0.480 e. The van der Waals surface area contributed by atoms with Crippen molar-refractivity contribution in [3.05, 3.63) is 0 Å². The van der Waals surface area contributed by atoms with Crippen LogP contribution in [0.2, 0.25) is 0 Å². The highest BCUT2D eigenvalue weighted by Crippen LogP contribution is 2.01. The van der Waals surface area contributed by atoms with Crippen molar-refractivity contribution in [3.63, 3.8) is 0 Å². The van der Waals surface area contributed by atoms with E-state index in [9.17, 15) is 4.79 Å². The number of carbonyl (C=O) groups is 1. The van der Waals surface area contributed by atoms with Gasteiger partial charge in [-0.3, -0.25) is 10.1 Å². The monoisotopic (exact) mass is 289 g/mol. The number of hydrogen-bond acceptors (Lipinski definition) is 3. The summed E-state index contributed by atoms with van der Waals surface area (Å²) in [7, 11) is 0. The van der Waals surface area contributed by atoms with E-state index < -0.39 is 5.97 Å². The lowest BCUT2D eigenvalue weighted by atomic mass is 10.2. The van der Waals surface area contributed by atoms with Gasteiger partial charge in [-0.05, 0) is 18.4 Å². The zero-order valence-corrected chi connectivity index (χ0v) is 9.31. The predicted octanol–water partition coefficient (Wildman–Crippen LogP) is 1.17. The highest BCUT2D eigenvalue weighted by molar-refractivity contribution is 14.1. The van der Waals surface area contributed by atoms with Crippen molar-refractivity contribution in [3.8, 4) is 0 Å². The smallest absolute Gasteiger partial charge is 0.320 e. The molecule has 5 heteroatoms. The topological polar surface area (TPSA) is 49.3 Å². The van der Waals surface area contributed by atoms with Gasteiger partial charge in [-0.1, -0.05) is 22.6 Å². The van der Waals surface area contributed by atoms with Crippen molar-refractivity contribution < 1.29 is 9.90 Å². The summed E-state index contributed by atoms with van der Waals surface area (Å²) < 4.78 is 0.684. The molecule has 0 aromatic carbocycles. The van der Waals surface area contributed by atoms with Crippen LogP contribution in [0.5, 0.6) is 0 Å². The number of aliphatic carboxylic acids is 1. The van der Waals surface area contributed by atoms with Gasteiger partial charge in [0, 0.05) is 4.55 Å². The van der Waals surface area contributed by atoms with Gasteiger partial charge < -0.3 is 5.11 Å². The predicted molar refractivity (Wildman–Crippen MR) is 56.4 cm³/mol. The summed E-state index contributed by atoms with van der Waals surface area (Å²) in [6.07, 6.45) is 2.67. The van der Waals surface area contributed by atoms with Crippen LogP contribution in [0.15, 0.2) is 0 Å². The molecule has 1 atom stereocenters. The third-order valence-electron chi connectivity index (χ3n) is 1.23. The summed E-state index contributed by atoms with van der Waals surface area (Å²) in [6, 6.07) is -0.376. The molecule has 0 bridgehead atoms. The van der Waals surface area contributed by atoms with Crippen molar-refractivity contribution in [2.24, 2.45) is 0 Å². The molecule has 0 aromatic rings. The van der Waals surface area contributed by atoms with Gasteiger partial charge >= 0.3 is 5.97 Å². The van der Waals surface area contributed by atoms with Gasteiger partial charge in [-0.2, -0.15) is 11.8 Å². The maximum atomic E-state index is 10.5. The van der Waals surface area contributed by atoms with Crippen molar-refractivity contribution >= 4 is 40.3 Å². The van der Waals surface area contributed by atoms with Crippen LogP contribution in [-0.2, 0) is 4.79 Å². The molecule has 0 saturated heterocycles. The molecule has 0 radical (unpaired) electrons. The molecule has 0 spiro atoms. The highest BCUT2D eigenvalue weighted by atomic mass is 127. The number of rotatable bonds is 6. The molecule has 0 heterocycles. The standard InChI is InChI=1S/C6H12INO2S/c1-11-3-2-5(6(9)10)8-4-7/h5,8H,2-4H2,1H3,(H,9,10). The van der Waals surface area contributed by atoms with Gasteiger partial charge in [-0.25, -0.2) is 0 Å². The summed E-state index contributed by atoms with van der Waals surface area (Å²) in [6.45, 7) is 0. The second-order valence-corrected chi connectivity index (χ2v) is 3.76. The molecule has 0 aromatic heterocycles. The SMILES string of the molecule is CSCCC(NCI)C(=O)O. The van der Waals surface area contributed by atoms with E-state index >= 15 is 0 Å². The first-order valence-electron chi connectivity index (χ1n) is 3.23. The van der Waals surface area contributed by atoms with E-state index in [2.05, 4.69) is 27.9 Å². The fourth-order valence-electron chi connectivity index (χ4n) is 0.642. The first-order valence-corrected chi connectivity index (χ1v) is 6.15. The Morgan fingerprint density at radius 2 is 2.45 bits per heavy atom. The zero-order valence-electron chi connectivity index (χ0n) is 6.34. The lowest BCUT2D eigenvalue weighted by molar-refractivity contribution is -0.139. The Morgan fingerprint density at radius 1 is 1.82 bits per heavy atom. The number of thioether (sulfide) groups is 1. The Hall–Kier alpha value is 0.510. The Labute approximate surface area is 84.5 Å². The van der Waals surface area contributed by atoms with Crippen LogP contribution in [0.4, 0.5) is 0 Å². The van der Waals surface area contributed by atoms with Crippen LogP contribution < -0.4 is 5.32 Å². The molecular formula is C6H12INO2S. The molecule has 0 saturated carbocycles. The van der Waals surface area contributed by atoms with Crippen LogP contribution in [0.1, 0.15) is 6.42 Å². The molecule has 0 aliphatic carbocycles. The quantitative estimate of drug-likeness (QED) is 0.438. The minimum absolute atomic E-state index is 0.376. The van der Waals surface area contributed by atoms with E-state index in [0.29, 0.717) is 11.0 Å². The van der Waals surface area contributed by atoms with Crippen LogP contribution in [0, 0.1) is 0 Å². The molecule has 0 fully saturated rings. The van der Waals surface area contributed by atoms with E-state index in [1.807, 2.05) is 6.26 Å². The van der Waals surface area contributed by atoms with Crippen LogP contribution in [0.3, 0.4) is 0 Å². The fraction of sp³-hybridized carbons (Fsp3) is 0.833. The molecule has 11 heavy (non-hydrogen) atoms. The van der Waals surface area contributed by atoms with Crippen LogP contribution in [-0.4, -0.2) is 33.7 Å². The first kappa shape index (κ1) is 11.5. The second-order valence-electron chi connectivity index (χ2n) is 2.01. The Balaban J connectivity index is 3.60. The number of hydrogen-bond donors (Lipinski definition) is 2. The second kappa shape index (κ2) is 7.17. The average molecular weight is 289 g/mol. The van der Waals surface area contributed by atoms with E-state index in [1.54, 1.807) is 11.8 Å². The number of carboxylic acids is 1. The molecular weight excluding hydrogens is 277 g/mol. The van der Waals surface area contributed by atoms with Crippen LogP contribution in [0.25, 0.3) is 0 Å². The number of carboxylic acid groups (broad SMARTS) is 1. The zero-order chi connectivity index (χ0) is 8.69. The average Bonchev–Trinajstić information content (AvgIpc) is 1.97. The van der Waals surface area contributed by atoms with Crippen molar-refractivity contribution in [1.82, 2.24) is 5.32 Å². The normalized spacial score (nSPS) is 12.9. The summed E-state index contributed by atoms with van der Waals surface area (Å²) in [4.78, 5) is 10.5. The van der Waals surface area contributed by atoms with Crippen LogP contribution >= 0.6 is 34.4 Å². The van der Waals surface area contributed by atoms with Gasteiger partial charge in [0.1, 0.15) is 6.04 Å². The number of nitrogens with one attached hydrogen (secondary N) is 1. The molecule has 66 valence electrons. The summed E-state index contributed by atoms with van der Waals surface area (Å²) >= 11 is 3.77. The molecule has 0 amide bonds. The Morgan fingerprint density at radius 3 is 2.82 bits per heavy atom. The third kappa shape index (κ3) is 5.75. The van der Waals surface area contributed by atoms with Crippen molar-refractivity contribution in [2.75, 3.05) is 16.6 Å². The summed E-state index contributed by atoms with van der Waals surface area (Å²) in [5.41, 5.74) is 0. The number of halogens is 1. The van der Waals surface area contributed by atoms with Gasteiger partial charge in [0.2, 0.25) is 0 Å². The van der Waals surface area contributed by atoms with Gasteiger partial charge in [0.05, 0.1) is 0 Å². The number of alkyl halides is 1. The Kier molecular flexibility index (Phi) is 7.51. The maximum Gasteiger partial charge on any atom is 0.320 e. The lowest BCUT2D eigenvalue weighted by Crippen LogP contribution is -2.36. The maximum absolute atomic E-state index is 10.5. The van der Waals surface area contributed by atoms with Gasteiger partial charge in [-0.15, -0.1) is 0 Å². The lowest BCUT2D eigenvalue weighted by Gasteiger charge is -2.10. The molecule has 0 aliphatic rings. The van der Waals surface area contributed by atoms with E-state index in [4.69, 9.17) is 5.11 Å². The summed E-state index contributed by atoms with van der Waals surface area (Å²) in [5, 5.41) is 11.5. The van der Waals surface area contributed by atoms with E-state index in [1.165, 1.54) is 0 Å². The highest BCUT2D eigenvalue weighted by Gasteiger charge is 2.14. The van der Waals surface area contributed by atoms with Crippen molar-refractivity contribution in [2.45, 2.75) is 12.5 Å². The molecule has 0 aliphatic heterocycles. The van der Waals surface area contributed by atoms with Crippen molar-refractivity contribution in [1.29, 1.82) is 0 Å². The largest absolute Gasteiger partial charge is 0.480 e. The molecule has 3 nitrogen and oxygen atoms in total. The minimum atomic E-state index is -0.754. The first-order chi connectivity index (χ1) is 5.22. The van der Waals surface area contributed by atoms with E-state index in [-0.39, 0.29) is 6.04 Å². The van der Waals surface area contributed by atoms with Gasteiger partial charge in [0.15, 0.2) is 0 Å².